The van der Waals surface area contributed by atoms with Crippen molar-refractivity contribution in [3.8, 4) is 0 Å². The fraction of sp³-hybridized carbons (Fsp3) is 0.111. The molecule has 1 aromatic heterocycles. The summed E-state index contributed by atoms with van der Waals surface area (Å²) in [5, 5.41) is 0. The molecule has 1 aromatic carbocycles. The molecule has 0 saturated carbocycles. The molecule has 0 atom stereocenters. The van der Waals surface area contributed by atoms with Gasteiger partial charge in [-0.15, -0.1) is 4.73 Å². The minimum atomic E-state index is -0.531. The number of imidazole rings is 1. The zero-order valence-corrected chi connectivity index (χ0v) is 7.48. The molecule has 14 heavy (non-hydrogen) atoms. The molecule has 0 radical (unpaired) electrons. The van der Waals surface area contributed by atoms with Crippen LogP contribution in [0, 0.1) is 0 Å². The van der Waals surface area contributed by atoms with E-state index in [1.807, 2.05) is 0 Å². The van der Waals surface area contributed by atoms with E-state index in [1.54, 1.807) is 24.3 Å². The summed E-state index contributed by atoms with van der Waals surface area (Å²) in [7, 11) is 0. The van der Waals surface area contributed by atoms with Crippen molar-refractivity contribution < 1.29 is 9.63 Å². The van der Waals surface area contributed by atoms with E-state index in [1.165, 1.54) is 6.92 Å². The minimum absolute atomic E-state index is 0.457. The van der Waals surface area contributed by atoms with Crippen LogP contribution >= 0.6 is 0 Å². The Morgan fingerprint density at radius 2 is 2.14 bits per heavy atom. The molecular formula is C9H8N2O3. The number of aromatic amines is 1. The second-order valence-electron chi connectivity index (χ2n) is 2.82. The lowest BCUT2D eigenvalue weighted by Crippen LogP contribution is -2.27. The predicted molar refractivity (Wildman–Crippen MR) is 49.8 cm³/mol. The Hall–Kier alpha value is -2.04. The predicted octanol–water partition coefficient (Wildman–Crippen LogP) is 0.305. The van der Waals surface area contributed by atoms with Crippen LogP contribution in [0.15, 0.2) is 29.1 Å². The highest BCUT2D eigenvalue weighted by atomic mass is 16.7. The quantitative estimate of drug-likeness (QED) is 0.707. The summed E-state index contributed by atoms with van der Waals surface area (Å²) >= 11 is 0. The zero-order chi connectivity index (χ0) is 10.1. The smallest absolute Gasteiger partial charge is 0.332 e. The first-order chi connectivity index (χ1) is 6.68. The van der Waals surface area contributed by atoms with Gasteiger partial charge in [0, 0.05) is 6.92 Å². The number of fused-ring (bicyclic) bond motifs is 1. The maximum atomic E-state index is 11.3. The number of H-pyrrole nitrogens is 1. The highest BCUT2D eigenvalue weighted by molar-refractivity contribution is 5.75. The summed E-state index contributed by atoms with van der Waals surface area (Å²) in [5.41, 5.74) is 0.729. The van der Waals surface area contributed by atoms with Crippen molar-refractivity contribution in [1.29, 1.82) is 0 Å². The fourth-order valence-electron chi connectivity index (χ4n) is 1.25. The van der Waals surface area contributed by atoms with Crippen LogP contribution in [-0.2, 0) is 4.79 Å². The van der Waals surface area contributed by atoms with Crippen LogP contribution in [0.25, 0.3) is 11.0 Å². The van der Waals surface area contributed by atoms with Gasteiger partial charge < -0.3 is 9.82 Å². The van der Waals surface area contributed by atoms with Crippen LogP contribution in [-0.4, -0.2) is 15.7 Å². The lowest BCUT2D eigenvalue weighted by Gasteiger charge is -1.99. The van der Waals surface area contributed by atoms with Gasteiger partial charge in [-0.25, -0.2) is 9.59 Å². The van der Waals surface area contributed by atoms with Gasteiger partial charge in [-0.05, 0) is 12.1 Å². The van der Waals surface area contributed by atoms with E-state index in [4.69, 9.17) is 4.84 Å². The minimum Gasteiger partial charge on any atom is -0.332 e. The number of nitrogens with one attached hydrogen (secondary N) is 1. The van der Waals surface area contributed by atoms with E-state index < -0.39 is 11.7 Å². The molecule has 0 aliphatic carbocycles. The van der Waals surface area contributed by atoms with Gasteiger partial charge in [0.05, 0.1) is 5.52 Å². The third kappa shape index (κ3) is 1.28. The first-order valence-electron chi connectivity index (χ1n) is 4.07. The number of rotatable bonds is 1. The highest BCUT2D eigenvalue weighted by Gasteiger charge is 2.07. The molecule has 1 N–H and O–H groups in total. The van der Waals surface area contributed by atoms with E-state index in [0.717, 1.165) is 4.73 Å². The number of aromatic nitrogens is 2. The van der Waals surface area contributed by atoms with Crippen molar-refractivity contribution in [2.45, 2.75) is 6.92 Å². The summed E-state index contributed by atoms with van der Waals surface area (Å²) in [6.45, 7) is 1.24. The van der Waals surface area contributed by atoms with Crippen LogP contribution in [0.1, 0.15) is 6.92 Å². The molecule has 0 saturated heterocycles. The third-order valence-corrected chi connectivity index (χ3v) is 1.77. The Labute approximate surface area is 78.9 Å². The summed E-state index contributed by atoms with van der Waals surface area (Å²) in [6.07, 6.45) is 0. The zero-order valence-electron chi connectivity index (χ0n) is 7.48. The topological polar surface area (TPSA) is 64.1 Å². The maximum absolute atomic E-state index is 11.3. The Morgan fingerprint density at radius 1 is 1.43 bits per heavy atom. The molecule has 0 bridgehead atoms. The third-order valence-electron chi connectivity index (χ3n) is 1.77. The molecule has 0 fully saturated rings. The molecule has 0 aliphatic heterocycles. The monoisotopic (exact) mass is 192 g/mol. The number of para-hydroxylation sites is 2. The summed E-state index contributed by atoms with van der Waals surface area (Å²) in [5.74, 6) is -0.531. The van der Waals surface area contributed by atoms with Crippen LogP contribution in [0.2, 0.25) is 0 Å². The first-order valence-corrected chi connectivity index (χ1v) is 4.07. The standard InChI is InChI=1S/C9H8N2O3/c1-6(12)14-11-8-5-3-2-4-7(8)10-9(11)13/h2-5H,1H3,(H,10,13). The van der Waals surface area contributed by atoms with E-state index in [9.17, 15) is 9.59 Å². The average molecular weight is 192 g/mol. The molecule has 2 aromatic rings. The Morgan fingerprint density at radius 3 is 2.86 bits per heavy atom. The molecule has 0 aliphatic rings. The maximum Gasteiger partial charge on any atom is 0.360 e. The molecule has 0 spiro atoms. The Kier molecular flexibility index (Phi) is 1.85. The van der Waals surface area contributed by atoms with Gasteiger partial charge in [0.2, 0.25) is 0 Å². The van der Waals surface area contributed by atoms with Crippen molar-refractivity contribution in [3.05, 3.63) is 34.7 Å². The molecule has 72 valence electrons. The molecular weight excluding hydrogens is 184 g/mol. The van der Waals surface area contributed by atoms with E-state index >= 15 is 0 Å². The van der Waals surface area contributed by atoms with Gasteiger partial charge in [-0.1, -0.05) is 12.1 Å². The van der Waals surface area contributed by atoms with Gasteiger partial charge in [0.1, 0.15) is 5.52 Å². The Balaban J connectivity index is 2.68. The number of benzene rings is 1. The SMILES string of the molecule is CC(=O)On1c(=O)[nH]c2ccccc21. The largest absolute Gasteiger partial charge is 0.360 e. The molecule has 2 rings (SSSR count). The second-order valence-corrected chi connectivity index (χ2v) is 2.82. The average Bonchev–Trinajstić information content (AvgIpc) is 2.43. The molecule has 0 unspecified atom stereocenters. The molecule has 0 amide bonds. The van der Waals surface area contributed by atoms with Gasteiger partial charge in [-0.3, -0.25) is 0 Å². The molecule has 5 nitrogen and oxygen atoms in total. The van der Waals surface area contributed by atoms with Gasteiger partial charge in [-0.2, -0.15) is 0 Å². The lowest BCUT2D eigenvalue weighted by atomic mass is 10.3. The second kappa shape index (κ2) is 3.02. The summed E-state index contributed by atoms with van der Waals surface area (Å²) in [6, 6.07) is 6.97. The van der Waals surface area contributed by atoms with Gasteiger partial charge in [0.15, 0.2) is 0 Å². The van der Waals surface area contributed by atoms with E-state index in [2.05, 4.69) is 4.98 Å². The number of carbonyl (C=O) groups excluding carboxylic acids is 1. The van der Waals surface area contributed by atoms with Crippen LogP contribution in [0.5, 0.6) is 0 Å². The normalized spacial score (nSPS) is 10.4. The van der Waals surface area contributed by atoms with Crippen molar-refractivity contribution in [2.24, 2.45) is 0 Å². The fourth-order valence-corrected chi connectivity index (χ4v) is 1.25. The molecule has 5 heteroatoms. The van der Waals surface area contributed by atoms with Crippen molar-refractivity contribution >= 4 is 17.0 Å². The van der Waals surface area contributed by atoms with Crippen molar-refractivity contribution in [1.82, 2.24) is 9.71 Å². The highest BCUT2D eigenvalue weighted by Crippen LogP contribution is 2.06. The number of hydrogen-bond acceptors (Lipinski definition) is 3. The number of nitrogens with zero attached hydrogens (tertiary/aromatic N) is 1. The van der Waals surface area contributed by atoms with E-state index in [-0.39, 0.29) is 0 Å². The van der Waals surface area contributed by atoms with Crippen LogP contribution in [0.4, 0.5) is 0 Å². The number of hydrogen-bond donors (Lipinski definition) is 1. The van der Waals surface area contributed by atoms with Crippen LogP contribution < -0.4 is 10.5 Å². The van der Waals surface area contributed by atoms with Gasteiger partial charge >= 0.3 is 11.7 Å². The van der Waals surface area contributed by atoms with Gasteiger partial charge in [0.25, 0.3) is 0 Å². The molecule has 1 heterocycles. The van der Waals surface area contributed by atoms with Crippen molar-refractivity contribution in [2.75, 3.05) is 0 Å². The van der Waals surface area contributed by atoms with Crippen LogP contribution in [0.3, 0.4) is 0 Å². The Bertz CT molecular complexity index is 538. The summed E-state index contributed by atoms with van der Waals surface area (Å²) < 4.78 is 0.942. The summed E-state index contributed by atoms with van der Waals surface area (Å²) in [4.78, 5) is 29.3. The lowest BCUT2D eigenvalue weighted by molar-refractivity contribution is -0.141. The van der Waals surface area contributed by atoms with E-state index in [0.29, 0.717) is 11.0 Å². The number of carbonyl (C=O) groups is 1. The van der Waals surface area contributed by atoms with Crippen molar-refractivity contribution in [3.63, 3.8) is 0 Å². The first kappa shape index (κ1) is 8.55.